The van der Waals surface area contributed by atoms with Crippen LogP contribution in [-0.2, 0) is 6.42 Å². The van der Waals surface area contributed by atoms with Crippen LogP contribution in [0.1, 0.15) is 42.4 Å². The summed E-state index contributed by atoms with van der Waals surface area (Å²) in [6, 6.07) is 14.3. The molecule has 0 saturated heterocycles. The van der Waals surface area contributed by atoms with Gasteiger partial charge in [-0.1, -0.05) is 55.3 Å². The highest BCUT2D eigenvalue weighted by atomic mass is 35.5. The zero-order chi connectivity index (χ0) is 17.6. The molecule has 0 heterocycles. The highest BCUT2D eigenvalue weighted by molar-refractivity contribution is 6.30. The molecule has 0 amide bonds. The van der Waals surface area contributed by atoms with Crippen molar-refractivity contribution < 1.29 is 8.78 Å². The van der Waals surface area contributed by atoms with E-state index in [1.54, 1.807) is 18.2 Å². The second-order valence-corrected chi connectivity index (χ2v) is 7.23. The maximum Gasteiger partial charge on any atom is 0.142 e. The van der Waals surface area contributed by atoms with E-state index in [0.717, 1.165) is 30.2 Å². The maximum absolute atomic E-state index is 14.2. The summed E-state index contributed by atoms with van der Waals surface area (Å²) < 4.78 is 28.2. The first-order chi connectivity index (χ1) is 12.1. The van der Waals surface area contributed by atoms with E-state index in [1.165, 1.54) is 17.2 Å². The van der Waals surface area contributed by atoms with E-state index in [-0.39, 0.29) is 22.6 Å². The molecule has 128 valence electrons. The Morgan fingerprint density at radius 1 is 1.00 bits per heavy atom. The lowest BCUT2D eigenvalue weighted by atomic mass is 9.70. The van der Waals surface area contributed by atoms with E-state index in [1.807, 2.05) is 24.3 Å². The zero-order valence-electron chi connectivity index (χ0n) is 14.0. The van der Waals surface area contributed by atoms with Gasteiger partial charge in [0.15, 0.2) is 0 Å². The van der Waals surface area contributed by atoms with Crippen molar-refractivity contribution in [1.29, 1.82) is 0 Å². The van der Waals surface area contributed by atoms with Gasteiger partial charge in [0.05, 0.1) is 5.02 Å². The van der Waals surface area contributed by atoms with Crippen molar-refractivity contribution in [1.82, 2.24) is 0 Å². The summed E-state index contributed by atoms with van der Waals surface area (Å²) in [5.74, 6) is -0.00718. The van der Waals surface area contributed by atoms with Crippen LogP contribution in [0.4, 0.5) is 8.78 Å². The van der Waals surface area contributed by atoms with Gasteiger partial charge in [0.25, 0.3) is 0 Å². The Kier molecular flexibility index (Phi) is 4.24. The molecule has 0 aliphatic heterocycles. The molecule has 0 nitrogen and oxygen atoms in total. The monoisotopic (exact) mass is 356 g/mol. The van der Waals surface area contributed by atoms with E-state index < -0.39 is 0 Å². The lowest BCUT2D eigenvalue weighted by molar-refractivity contribution is 0.398. The highest BCUT2D eigenvalue weighted by Gasteiger charge is 2.31. The van der Waals surface area contributed by atoms with Crippen LogP contribution in [-0.4, -0.2) is 0 Å². The molecule has 3 aromatic rings. The zero-order valence-corrected chi connectivity index (χ0v) is 14.8. The summed E-state index contributed by atoms with van der Waals surface area (Å²) >= 11 is 5.87. The van der Waals surface area contributed by atoms with Crippen molar-refractivity contribution in [3.05, 3.63) is 81.9 Å². The van der Waals surface area contributed by atoms with Crippen molar-refractivity contribution in [2.45, 2.75) is 32.1 Å². The quantitative estimate of drug-likeness (QED) is 0.469. The summed E-state index contributed by atoms with van der Waals surface area (Å²) in [7, 11) is 0. The minimum absolute atomic E-state index is 0.119. The molecule has 0 unspecified atom stereocenters. The first-order valence-corrected chi connectivity index (χ1v) is 9.13. The van der Waals surface area contributed by atoms with Gasteiger partial charge < -0.3 is 0 Å². The average Bonchev–Trinajstić information content (AvgIpc) is 2.63. The van der Waals surface area contributed by atoms with Gasteiger partial charge in [-0.05, 0) is 59.0 Å². The van der Waals surface area contributed by atoms with Crippen molar-refractivity contribution >= 4 is 22.4 Å². The van der Waals surface area contributed by atoms with E-state index in [2.05, 4.69) is 6.92 Å². The van der Waals surface area contributed by atoms with E-state index in [9.17, 15) is 8.78 Å². The summed E-state index contributed by atoms with van der Waals surface area (Å²) in [5, 5.41) is 1.79. The summed E-state index contributed by atoms with van der Waals surface area (Å²) in [6.07, 6.45) is 2.98. The van der Waals surface area contributed by atoms with Gasteiger partial charge in [0.1, 0.15) is 11.6 Å². The van der Waals surface area contributed by atoms with Gasteiger partial charge in [-0.15, -0.1) is 0 Å². The Bertz CT molecular complexity index is 948. The van der Waals surface area contributed by atoms with Crippen molar-refractivity contribution in [2.24, 2.45) is 5.92 Å². The Morgan fingerprint density at radius 2 is 1.84 bits per heavy atom. The molecule has 25 heavy (non-hydrogen) atoms. The first-order valence-electron chi connectivity index (χ1n) is 8.75. The van der Waals surface area contributed by atoms with Crippen LogP contribution < -0.4 is 0 Å². The Labute approximate surface area is 151 Å². The smallest absolute Gasteiger partial charge is 0.142 e. The molecule has 0 bridgehead atoms. The molecule has 0 fully saturated rings. The molecule has 0 radical (unpaired) electrons. The number of halogens is 3. The predicted molar refractivity (Wildman–Crippen MR) is 99.3 cm³/mol. The third-order valence-corrected chi connectivity index (χ3v) is 5.86. The van der Waals surface area contributed by atoms with Gasteiger partial charge in [-0.2, -0.15) is 0 Å². The first kappa shape index (κ1) is 16.5. The van der Waals surface area contributed by atoms with E-state index in [0.29, 0.717) is 11.3 Å². The molecular weight excluding hydrogens is 338 g/mol. The van der Waals surface area contributed by atoms with Crippen molar-refractivity contribution in [3.8, 4) is 0 Å². The third-order valence-electron chi connectivity index (χ3n) is 5.55. The number of rotatable bonds is 2. The molecule has 4 rings (SSSR count). The number of benzene rings is 3. The Balaban J connectivity index is 1.93. The third kappa shape index (κ3) is 2.73. The average molecular weight is 357 g/mol. The highest BCUT2D eigenvalue weighted by Crippen LogP contribution is 2.45. The lowest BCUT2D eigenvalue weighted by Crippen LogP contribution is -2.21. The number of hydrogen-bond donors (Lipinski definition) is 0. The molecule has 2 atom stereocenters. The maximum atomic E-state index is 14.2. The summed E-state index contributed by atoms with van der Waals surface area (Å²) in [4.78, 5) is 0. The second-order valence-electron chi connectivity index (χ2n) is 6.83. The topological polar surface area (TPSA) is 0 Å². The predicted octanol–water partition coefficient (Wildman–Crippen LogP) is 6.88. The summed E-state index contributed by atoms with van der Waals surface area (Å²) in [5.41, 5.74) is 3.34. The molecule has 3 heteroatoms. The van der Waals surface area contributed by atoms with Crippen LogP contribution in [0.5, 0.6) is 0 Å². The molecule has 1 aliphatic rings. The molecule has 0 N–H and O–H groups in total. The van der Waals surface area contributed by atoms with Crippen LogP contribution in [0.15, 0.2) is 48.5 Å². The fourth-order valence-corrected chi connectivity index (χ4v) is 4.43. The van der Waals surface area contributed by atoms with Gasteiger partial charge in [0.2, 0.25) is 0 Å². The van der Waals surface area contributed by atoms with Crippen LogP contribution >= 0.6 is 11.6 Å². The normalized spacial score (nSPS) is 19.8. The molecule has 0 saturated carbocycles. The second kappa shape index (κ2) is 6.42. The minimum Gasteiger partial charge on any atom is -0.206 e. The fraction of sp³-hybridized carbons (Fsp3) is 0.273. The largest absolute Gasteiger partial charge is 0.206 e. The molecule has 3 aromatic carbocycles. The van der Waals surface area contributed by atoms with Crippen molar-refractivity contribution in [2.75, 3.05) is 0 Å². The van der Waals surface area contributed by atoms with Gasteiger partial charge >= 0.3 is 0 Å². The van der Waals surface area contributed by atoms with E-state index in [4.69, 9.17) is 11.6 Å². The Morgan fingerprint density at radius 3 is 2.60 bits per heavy atom. The van der Waals surface area contributed by atoms with Crippen LogP contribution in [0.2, 0.25) is 5.02 Å². The number of aryl methyl sites for hydroxylation is 1. The van der Waals surface area contributed by atoms with E-state index >= 15 is 0 Å². The number of hydrogen-bond acceptors (Lipinski definition) is 0. The molecule has 0 spiro atoms. The SMILES string of the molecule is CC[C@@H]1CCc2c(ccc3c(F)cccc23)[C@H]1c1ccc(Cl)c(F)c1. The Hall–Kier alpha value is -1.93. The number of fused-ring (bicyclic) bond motifs is 3. The minimum atomic E-state index is -0.382. The van der Waals surface area contributed by atoms with Gasteiger partial charge in [-0.3, -0.25) is 0 Å². The van der Waals surface area contributed by atoms with Crippen LogP contribution in [0, 0.1) is 17.6 Å². The fourth-order valence-electron chi connectivity index (χ4n) is 4.32. The summed E-state index contributed by atoms with van der Waals surface area (Å²) in [6.45, 7) is 2.18. The van der Waals surface area contributed by atoms with Crippen molar-refractivity contribution in [3.63, 3.8) is 0 Å². The molecular formula is C22H19ClF2. The van der Waals surface area contributed by atoms with Gasteiger partial charge in [0, 0.05) is 11.3 Å². The molecule has 1 aliphatic carbocycles. The molecule has 0 aromatic heterocycles. The van der Waals surface area contributed by atoms with Crippen LogP contribution in [0.3, 0.4) is 0 Å². The standard InChI is InChI=1S/C22H19ClF2/c1-2-13-6-8-16-15-4-3-5-20(24)17(15)9-10-18(16)22(13)14-7-11-19(23)21(25)12-14/h3-5,7,9-13,22H,2,6,8H2,1H3/t13-,22-/m1/s1. The lowest BCUT2D eigenvalue weighted by Gasteiger charge is -2.34. The van der Waals surface area contributed by atoms with Gasteiger partial charge in [-0.25, -0.2) is 8.78 Å². The van der Waals surface area contributed by atoms with Crippen LogP contribution in [0.25, 0.3) is 10.8 Å².